The summed E-state index contributed by atoms with van der Waals surface area (Å²) in [5, 5.41) is 21.0. The third-order valence-corrected chi connectivity index (χ3v) is 13.3. The molecule has 3 aliphatic rings. The Morgan fingerprint density at radius 2 is 1.70 bits per heavy atom. The Hall–Kier alpha value is -3.65. The van der Waals surface area contributed by atoms with Gasteiger partial charge < -0.3 is 35.4 Å². The molecular weight excluding hydrogens is 747 g/mol. The van der Waals surface area contributed by atoms with Crippen molar-refractivity contribution >= 4 is 46.4 Å². The number of carbonyl (C=O) groups excluding carboxylic acids is 5. The average molecular weight is 814 g/mol. The molecule has 1 fully saturated rings. The van der Waals surface area contributed by atoms with Crippen LogP contribution >= 0.6 is 11.8 Å². The van der Waals surface area contributed by atoms with Crippen molar-refractivity contribution < 1.29 is 38.6 Å². The maximum atomic E-state index is 14.3. The third kappa shape index (κ3) is 12.2. The van der Waals surface area contributed by atoms with Crippen LogP contribution in [0.4, 0.5) is 0 Å². The van der Waals surface area contributed by atoms with Crippen LogP contribution < -0.4 is 20.7 Å². The van der Waals surface area contributed by atoms with E-state index in [2.05, 4.69) is 22.9 Å². The summed E-state index contributed by atoms with van der Waals surface area (Å²) in [6.07, 6.45) is 2.18. The number of aliphatic imine (C=N–C) groups is 1. The van der Waals surface area contributed by atoms with Gasteiger partial charge in [-0.05, 0) is 74.0 Å². The van der Waals surface area contributed by atoms with Crippen molar-refractivity contribution in [2.45, 2.75) is 156 Å². The smallest absolute Gasteiger partial charge is 0.329 e. The lowest BCUT2D eigenvalue weighted by molar-refractivity contribution is -0.164. The van der Waals surface area contributed by atoms with Crippen LogP contribution in [-0.2, 0) is 35.1 Å². The molecule has 13 nitrogen and oxygen atoms in total. The maximum Gasteiger partial charge on any atom is 0.329 e. The predicted molar refractivity (Wildman–Crippen MR) is 223 cm³/mol. The van der Waals surface area contributed by atoms with Crippen LogP contribution in [0.2, 0.25) is 0 Å². The molecule has 57 heavy (non-hydrogen) atoms. The number of cyclic esters (lactones) is 1. The maximum absolute atomic E-state index is 14.3. The summed E-state index contributed by atoms with van der Waals surface area (Å²) >= 11 is 1.59. The summed E-state index contributed by atoms with van der Waals surface area (Å²) in [6, 6.07) is 3.27. The summed E-state index contributed by atoms with van der Waals surface area (Å²) in [6.45, 7) is 17.8. The van der Waals surface area contributed by atoms with Gasteiger partial charge in [0.2, 0.25) is 23.6 Å². The van der Waals surface area contributed by atoms with Gasteiger partial charge in [0, 0.05) is 30.6 Å². The molecular formula is C43H67N5O8S. The van der Waals surface area contributed by atoms with Crippen LogP contribution in [0.3, 0.4) is 0 Å². The summed E-state index contributed by atoms with van der Waals surface area (Å²) < 4.78 is 11.5. The van der Waals surface area contributed by atoms with Gasteiger partial charge >= 0.3 is 5.97 Å². The molecule has 9 atom stereocenters. The Bertz CT molecular complexity index is 1610. The number of nitrogens with one attached hydrogen (secondary N) is 3. The first-order valence-electron chi connectivity index (χ1n) is 20.7. The molecule has 4 amide bonds. The van der Waals surface area contributed by atoms with Gasteiger partial charge in [-0.3, -0.25) is 24.2 Å². The molecule has 14 heteroatoms. The summed E-state index contributed by atoms with van der Waals surface area (Å²) in [5.41, 5.74) is -0.270. The molecule has 3 aliphatic heterocycles. The van der Waals surface area contributed by atoms with Gasteiger partial charge in [-0.2, -0.15) is 0 Å². The number of rotatable bonds is 5. The lowest BCUT2D eigenvalue weighted by atomic mass is 9.78. The van der Waals surface area contributed by atoms with Crippen LogP contribution in [0.15, 0.2) is 29.3 Å². The minimum atomic E-state index is -1.04. The normalized spacial score (nSPS) is 30.8. The molecule has 318 valence electrons. The van der Waals surface area contributed by atoms with Crippen LogP contribution in [0.5, 0.6) is 5.75 Å². The Morgan fingerprint density at radius 3 is 2.33 bits per heavy atom. The zero-order chi connectivity index (χ0) is 42.2. The number of esters is 1. The lowest BCUT2D eigenvalue weighted by Crippen LogP contribution is -2.59. The largest absolute Gasteiger partial charge is 0.497 e. The fourth-order valence-corrected chi connectivity index (χ4v) is 8.88. The molecule has 0 spiro atoms. The van der Waals surface area contributed by atoms with Crippen molar-refractivity contribution in [1.29, 1.82) is 0 Å². The number of methoxy groups -OCH3 is 1. The number of aliphatic hydroxyl groups excluding tert-OH is 1. The summed E-state index contributed by atoms with van der Waals surface area (Å²) in [4.78, 5) is 75.7. The van der Waals surface area contributed by atoms with Gasteiger partial charge in [0.05, 0.1) is 24.3 Å². The highest BCUT2D eigenvalue weighted by molar-refractivity contribution is 8.14. The minimum absolute atomic E-state index is 0.00671. The lowest BCUT2D eigenvalue weighted by Gasteiger charge is -2.37. The van der Waals surface area contributed by atoms with E-state index in [0.717, 1.165) is 10.6 Å². The molecule has 4 N–H and O–H groups in total. The number of benzene rings is 1. The number of thioether (sulfide) groups is 1. The quantitative estimate of drug-likeness (QED) is 0.304. The van der Waals surface area contributed by atoms with Crippen LogP contribution in [0.25, 0.3) is 0 Å². The molecule has 0 aliphatic carbocycles. The van der Waals surface area contributed by atoms with E-state index in [1.54, 1.807) is 37.9 Å². The number of amides is 4. The average Bonchev–Trinajstić information content (AvgIpc) is 3.86. The van der Waals surface area contributed by atoms with Crippen LogP contribution in [0, 0.1) is 22.7 Å². The van der Waals surface area contributed by atoms with E-state index in [9.17, 15) is 29.1 Å². The van der Waals surface area contributed by atoms with Gasteiger partial charge in [-0.25, -0.2) is 4.79 Å². The first-order valence-corrected chi connectivity index (χ1v) is 21.7. The molecule has 4 rings (SSSR count). The number of hydrogen-bond donors (Lipinski definition) is 4. The topological polar surface area (TPSA) is 176 Å². The van der Waals surface area contributed by atoms with E-state index in [1.807, 2.05) is 60.6 Å². The Kier molecular flexibility index (Phi) is 16.1. The highest BCUT2D eigenvalue weighted by Crippen LogP contribution is 2.39. The molecule has 0 saturated carbocycles. The Morgan fingerprint density at radius 1 is 1.02 bits per heavy atom. The molecule has 0 radical (unpaired) electrons. The predicted octanol–water partition coefficient (Wildman–Crippen LogP) is 4.82. The van der Waals surface area contributed by atoms with Crippen molar-refractivity contribution in [1.82, 2.24) is 20.9 Å². The molecule has 1 aromatic carbocycles. The van der Waals surface area contributed by atoms with Gasteiger partial charge in [0.15, 0.2) is 0 Å². The second-order valence-corrected chi connectivity index (χ2v) is 19.0. The zero-order valence-electron chi connectivity index (χ0n) is 35.7. The SMILES string of the molecule is CCC(C)C1NC(=O)C(C)NC(=O)C(Cc2ccc(OC)cc2)NC(=O)CCC2CSC(=N2)C(C)(C)C(O)CC(C)CC(C(C)(C)C)OC(=O)C2CCCN2C1=O. The second-order valence-electron chi connectivity index (χ2n) is 18.0. The fourth-order valence-electron chi connectivity index (χ4n) is 7.56. The van der Waals surface area contributed by atoms with Crippen LogP contribution in [0.1, 0.15) is 113 Å². The van der Waals surface area contributed by atoms with Gasteiger partial charge in [0.25, 0.3) is 0 Å². The van der Waals surface area contributed by atoms with Crippen molar-refractivity contribution in [2.75, 3.05) is 19.4 Å². The number of carbonyl (C=O) groups is 5. The number of fused-ring (bicyclic) bond motifs is 2. The Balaban J connectivity index is 1.65. The highest BCUT2D eigenvalue weighted by Gasteiger charge is 2.43. The minimum Gasteiger partial charge on any atom is -0.497 e. The molecule has 9 unspecified atom stereocenters. The zero-order valence-corrected chi connectivity index (χ0v) is 36.5. The van der Waals surface area contributed by atoms with Crippen molar-refractivity contribution in [2.24, 2.45) is 27.7 Å². The number of aliphatic hydroxyl groups is 1. The Labute approximate surface area is 343 Å². The van der Waals surface area contributed by atoms with E-state index < -0.39 is 65.0 Å². The van der Waals surface area contributed by atoms with Gasteiger partial charge in [-0.1, -0.05) is 73.9 Å². The number of hydrogen-bond acceptors (Lipinski definition) is 10. The van der Waals surface area contributed by atoms with Crippen LogP contribution in [-0.4, -0.2) is 106 Å². The van der Waals surface area contributed by atoms with Crippen molar-refractivity contribution in [3.63, 3.8) is 0 Å². The summed E-state index contributed by atoms with van der Waals surface area (Å²) in [5.74, 6) is -1.21. The van der Waals surface area contributed by atoms with E-state index in [0.29, 0.717) is 56.6 Å². The van der Waals surface area contributed by atoms with Crippen molar-refractivity contribution in [3.05, 3.63) is 29.8 Å². The molecule has 0 aromatic heterocycles. The van der Waals surface area contributed by atoms with E-state index in [-0.39, 0.29) is 42.5 Å². The number of nitrogens with zero attached hydrogens (tertiary/aromatic N) is 2. The van der Waals surface area contributed by atoms with Gasteiger partial charge in [0.1, 0.15) is 36.0 Å². The number of ether oxygens (including phenoxy) is 2. The third-order valence-electron chi connectivity index (χ3n) is 11.9. The van der Waals surface area contributed by atoms with E-state index in [1.165, 1.54) is 4.90 Å². The molecule has 3 heterocycles. The van der Waals surface area contributed by atoms with E-state index >= 15 is 0 Å². The van der Waals surface area contributed by atoms with E-state index in [4.69, 9.17) is 14.5 Å². The fraction of sp³-hybridized carbons (Fsp3) is 0.721. The standard InChI is InChI=1S/C43H67N5O8S/c1-11-26(3)36-39(53)48-20-12-13-32(48)40(54)56-34(42(5,6)7)22-25(2)21-33(49)43(8,9)41-45-29(24-57-41)16-19-35(50)46-31(38(52)44-27(4)37(51)47-36)23-28-14-17-30(55-10)18-15-28/h14-15,17-18,25-27,29,31-34,36,49H,11-13,16,19-24H2,1-10H3,(H,44,52)(H,46,50)(H,47,51). The first-order chi connectivity index (χ1) is 26.7. The molecule has 2 bridgehead atoms. The molecule has 1 aromatic rings. The molecule has 1 saturated heterocycles. The second kappa shape index (κ2) is 19.9. The summed E-state index contributed by atoms with van der Waals surface area (Å²) in [7, 11) is 1.56. The monoisotopic (exact) mass is 813 g/mol. The van der Waals surface area contributed by atoms with Gasteiger partial charge in [-0.15, -0.1) is 11.8 Å². The first kappa shape index (κ1) is 46.0. The highest BCUT2D eigenvalue weighted by atomic mass is 32.2. The van der Waals surface area contributed by atoms with Crippen molar-refractivity contribution in [3.8, 4) is 5.75 Å².